The number of ether oxygens (including phenoxy) is 2. The lowest BCUT2D eigenvalue weighted by molar-refractivity contribution is -0.138. The van der Waals surface area contributed by atoms with Gasteiger partial charge in [0.15, 0.2) is 0 Å². The maximum absolute atomic E-state index is 11.3. The molecule has 0 aromatic rings. The van der Waals surface area contributed by atoms with E-state index in [0.717, 1.165) is 4.48 Å². The molecule has 1 N–H and O–H groups in total. The molecule has 0 saturated heterocycles. The van der Waals surface area contributed by atoms with Gasteiger partial charge in [0.2, 0.25) is 0 Å². The van der Waals surface area contributed by atoms with E-state index in [-0.39, 0.29) is 18.1 Å². The van der Waals surface area contributed by atoms with Gasteiger partial charge in [0.1, 0.15) is 17.8 Å². The first-order chi connectivity index (χ1) is 6.72. The lowest BCUT2D eigenvalue weighted by atomic mass is 10.2. The molecule has 76 valence electrons. The topological polar surface area (TPSA) is 47.6 Å². The van der Waals surface area contributed by atoms with E-state index in [1.165, 1.54) is 0 Å². The summed E-state index contributed by atoms with van der Waals surface area (Å²) in [7, 11) is 0. The number of carbonyl (C=O) groups excluding carboxylic acids is 1. The van der Waals surface area contributed by atoms with Gasteiger partial charge in [0, 0.05) is 0 Å². The summed E-state index contributed by atoms with van der Waals surface area (Å²) in [5.74, 6) is -0.328. The van der Waals surface area contributed by atoms with E-state index in [9.17, 15) is 4.79 Å². The van der Waals surface area contributed by atoms with Crippen molar-refractivity contribution in [3.63, 3.8) is 0 Å². The fraction of sp³-hybridized carbons (Fsp3) is 0.444. The molecule has 0 unspecified atom stereocenters. The second-order valence-corrected chi connectivity index (χ2v) is 3.94. The van der Waals surface area contributed by atoms with Gasteiger partial charge in [0.25, 0.3) is 0 Å². The molecule has 0 radical (unpaired) electrons. The van der Waals surface area contributed by atoms with Crippen molar-refractivity contribution in [2.24, 2.45) is 0 Å². The number of nitrogens with one attached hydrogen (secondary N) is 1. The molecule has 2 aliphatic rings. The van der Waals surface area contributed by atoms with E-state index in [4.69, 9.17) is 9.47 Å². The van der Waals surface area contributed by atoms with Crippen molar-refractivity contribution in [3.8, 4) is 0 Å². The Morgan fingerprint density at radius 2 is 2.57 bits per heavy atom. The SMILES string of the molecule is CCOC(=O)C1=C[C@H]2OC=C(Br)[C@H]2N1. The summed E-state index contributed by atoms with van der Waals surface area (Å²) in [4.78, 5) is 11.3. The van der Waals surface area contributed by atoms with Crippen LogP contribution in [0.3, 0.4) is 0 Å². The Bertz CT molecular complexity index is 324. The van der Waals surface area contributed by atoms with Crippen LogP contribution in [0.15, 0.2) is 22.5 Å². The summed E-state index contributed by atoms with van der Waals surface area (Å²) < 4.78 is 11.1. The van der Waals surface area contributed by atoms with Gasteiger partial charge in [-0.3, -0.25) is 0 Å². The summed E-state index contributed by atoms with van der Waals surface area (Å²) in [6.45, 7) is 2.16. The molecule has 5 heteroatoms. The molecule has 0 aliphatic carbocycles. The average Bonchev–Trinajstić information content (AvgIpc) is 2.69. The lowest BCUT2D eigenvalue weighted by Crippen LogP contribution is -2.31. The molecule has 0 aromatic heterocycles. The first-order valence-corrected chi connectivity index (χ1v) is 5.18. The highest BCUT2D eigenvalue weighted by atomic mass is 79.9. The molecular weight excluding hydrogens is 250 g/mol. The number of hydrogen-bond acceptors (Lipinski definition) is 4. The van der Waals surface area contributed by atoms with Crippen molar-refractivity contribution in [3.05, 3.63) is 22.5 Å². The van der Waals surface area contributed by atoms with Crippen LogP contribution in [0, 0.1) is 0 Å². The Labute approximate surface area is 90.1 Å². The van der Waals surface area contributed by atoms with Crippen LogP contribution in [0.25, 0.3) is 0 Å². The molecule has 2 heterocycles. The quantitative estimate of drug-likeness (QED) is 0.753. The van der Waals surface area contributed by atoms with Crippen molar-refractivity contribution >= 4 is 21.9 Å². The number of carbonyl (C=O) groups is 1. The zero-order chi connectivity index (χ0) is 10.1. The average molecular weight is 260 g/mol. The molecule has 0 saturated carbocycles. The Balaban J connectivity index is 2.03. The van der Waals surface area contributed by atoms with Crippen LogP contribution in [-0.4, -0.2) is 24.7 Å². The predicted octanol–water partition coefficient (Wildman–Crippen LogP) is 1.04. The van der Waals surface area contributed by atoms with E-state index in [1.807, 2.05) is 0 Å². The highest BCUT2D eigenvalue weighted by molar-refractivity contribution is 9.11. The van der Waals surface area contributed by atoms with Crippen molar-refractivity contribution < 1.29 is 14.3 Å². The molecular formula is C9H10BrNO3. The second-order valence-electron chi connectivity index (χ2n) is 3.03. The van der Waals surface area contributed by atoms with Crippen LogP contribution in [0.5, 0.6) is 0 Å². The number of fused-ring (bicyclic) bond motifs is 1. The van der Waals surface area contributed by atoms with E-state index >= 15 is 0 Å². The van der Waals surface area contributed by atoms with Gasteiger partial charge in [-0.1, -0.05) is 0 Å². The Morgan fingerprint density at radius 1 is 1.79 bits per heavy atom. The number of rotatable bonds is 2. The summed E-state index contributed by atoms with van der Waals surface area (Å²) >= 11 is 3.35. The molecule has 14 heavy (non-hydrogen) atoms. The van der Waals surface area contributed by atoms with E-state index < -0.39 is 0 Å². The maximum Gasteiger partial charge on any atom is 0.354 e. The third-order valence-electron chi connectivity index (χ3n) is 2.10. The van der Waals surface area contributed by atoms with Crippen LogP contribution in [-0.2, 0) is 14.3 Å². The molecule has 0 aromatic carbocycles. The van der Waals surface area contributed by atoms with Gasteiger partial charge < -0.3 is 14.8 Å². The molecule has 0 spiro atoms. The third kappa shape index (κ3) is 1.52. The summed E-state index contributed by atoms with van der Waals surface area (Å²) in [6.07, 6.45) is 3.29. The van der Waals surface area contributed by atoms with Crippen molar-refractivity contribution in [1.29, 1.82) is 0 Å². The highest BCUT2D eigenvalue weighted by Gasteiger charge is 2.36. The third-order valence-corrected chi connectivity index (χ3v) is 2.78. The minimum absolute atomic E-state index is 0.0226. The molecule has 2 atom stereocenters. The fourth-order valence-electron chi connectivity index (χ4n) is 1.45. The van der Waals surface area contributed by atoms with Crippen LogP contribution in [0.1, 0.15) is 6.92 Å². The molecule has 0 amide bonds. The predicted molar refractivity (Wildman–Crippen MR) is 53.5 cm³/mol. The van der Waals surface area contributed by atoms with Gasteiger partial charge >= 0.3 is 5.97 Å². The summed E-state index contributed by atoms with van der Waals surface area (Å²) in [5.41, 5.74) is 0.479. The molecule has 2 rings (SSSR count). The first-order valence-electron chi connectivity index (χ1n) is 4.39. The zero-order valence-electron chi connectivity index (χ0n) is 7.62. The normalized spacial score (nSPS) is 28.4. The van der Waals surface area contributed by atoms with Crippen molar-refractivity contribution in [2.45, 2.75) is 19.1 Å². The number of hydrogen-bond donors (Lipinski definition) is 1. The van der Waals surface area contributed by atoms with Gasteiger partial charge in [-0.15, -0.1) is 0 Å². The second kappa shape index (κ2) is 3.65. The Morgan fingerprint density at radius 3 is 3.21 bits per heavy atom. The van der Waals surface area contributed by atoms with Crippen molar-refractivity contribution in [1.82, 2.24) is 5.32 Å². The molecule has 0 bridgehead atoms. The van der Waals surface area contributed by atoms with Gasteiger partial charge in [-0.2, -0.15) is 0 Å². The van der Waals surface area contributed by atoms with Gasteiger partial charge in [-0.05, 0) is 28.9 Å². The van der Waals surface area contributed by atoms with E-state index in [2.05, 4.69) is 21.2 Å². The Hall–Kier alpha value is -0.970. The van der Waals surface area contributed by atoms with Crippen LogP contribution < -0.4 is 5.32 Å². The van der Waals surface area contributed by atoms with Gasteiger partial charge in [-0.25, -0.2) is 4.79 Å². The minimum Gasteiger partial charge on any atom is -0.490 e. The summed E-state index contributed by atoms with van der Waals surface area (Å²) in [6, 6.07) is 0.0226. The molecule has 2 aliphatic heterocycles. The van der Waals surface area contributed by atoms with Crippen molar-refractivity contribution in [2.75, 3.05) is 6.61 Å². The Kier molecular flexibility index (Phi) is 2.50. The molecule has 0 fully saturated rings. The highest BCUT2D eigenvalue weighted by Crippen LogP contribution is 2.29. The standard InChI is InChI=1S/C9H10BrNO3/c1-2-13-9(12)6-3-7-8(11-6)5(10)4-14-7/h3-4,7-8,11H,2H2,1H3/t7-,8-/m1/s1. The minimum atomic E-state index is -0.328. The van der Waals surface area contributed by atoms with E-state index in [1.54, 1.807) is 19.3 Å². The molecule has 4 nitrogen and oxygen atoms in total. The monoisotopic (exact) mass is 259 g/mol. The summed E-state index contributed by atoms with van der Waals surface area (Å²) in [5, 5.41) is 3.03. The van der Waals surface area contributed by atoms with Crippen LogP contribution >= 0.6 is 15.9 Å². The number of halogens is 1. The van der Waals surface area contributed by atoms with E-state index in [0.29, 0.717) is 12.3 Å². The zero-order valence-corrected chi connectivity index (χ0v) is 9.21. The van der Waals surface area contributed by atoms with Gasteiger partial charge in [0.05, 0.1) is 17.4 Å². The van der Waals surface area contributed by atoms with Crippen LogP contribution in [0.4, 0.5) is 0 Å². The lowest BCUT2D eigenvalue weighted by Gasteiger charge is -2.10. The van der Waals surface area contributed by atoms with Crippen LogP contribution in [0.2, 0.25) is 0 Å². The number of esters is 1. The fourth-order valence-corrected chi connectivity index (χ4v) is 1.94. The first kappa shape index (κ1) is 9.58. The maximum atomic E-state index is 11.3. The largest absolute Gasteiger partial charge is 0.490 e. The smallest absolute Gasteiger partial charge is 0.354 e.